The normalized spacial score (nSPS) is 10.9. The van der Waals surface area contributed by atoms with Gasteiger partial charge in [-0.1, -0.05) is 68.3 Å². The lowest BCUT2D eigenvalue weighted by Crippen LogP contribution is -2.03. The fourth-order valence-corrected chi connectivity index (χ4v) is 4.09. The van der Waals surface area contributed by atoms with Crippen molar-refractivity contribution in [3.05, 3.63) is 74.3 Å². The fourth-order valence-electron chi connectivity index (χ4n) is 3.19. The van der Waals surface area contributed by atoms with E-state index in [1.165, 1.54) is 23.9 Å². The molecular weight excluding hydrogens is 418 g/mol. The van der Waals surface area contributed by atoms with Crippen LogP contribution in [0.5, 0.6) is 0 Å². The Morgan fingerprint density at radius 3 is 2.23 bits per heavy atom. The maximum atomic E-state index is 11.1. The third kappa shape index (κ3) is 5.88. The zero-order chi connectivity index (χ0) is 22.2. The van der Waals surface area contributed by atoms with E-state index >= 15 is 0 Å². The molecule has 3 aromatic rings. The van der Waals surface area contributed by atoms with E-state index in [1.54, 1.807) is 0 Å². The molecule has 0 fully saturated rings. The highest BCUT2D eigenvalue weighted by molar-refractivity contribution is 7.98. The van der Waals surface area contributed by atoms with Crippen molar-refractivity contribution in [2.24, 2.45) is 0 Å². The Morgan fingerprint density at radius 1 is 0.935 bits per heavy atom. The summed E-state index contributed by atoms with van der Waals surface area (Å²) in [4.78, 5) is 21.0. The summed E-state index contributed by atoms with van der Waals surface area (Å²) in [7, 11) is 0. The topological polar surface area (TPSA) is 117 Å². The smallest absolute Gasteiger partial charge is 0.276 e. The molecule has 0 aliphatic heterocycles. The second-order valence-corrected chi connectivity index (χ2v) is 7.99. The van der Waals surface area contributed by atoms with Gasteiger partial charge in [-0.05, 0) is 12.0 Å². The van der Waals surface area contributed by atoms with Crippen LogP contribution in [-0.2, 0) is 12.3 Å². The number of nitro groups is 2. The Hall–Kier alpha value is -3.27. The maximum Gasteiger partial charge on any atom is 0.276 e. The van der Waals surface area contributed by atoms with Gasteiger partial charge >= 0.3 is 0 Å². The van der Waals surface area contributed by atoms with Crippen molar-refractivity contribution in [2.45, 2.75) is 50.1 Å². The van der Waals surface area contributed by atoms with Gasteiger partial charge in [0.25, 0.3) is 11.4 Å². The third-order valence-corrected chi connectivity index (χ3v) is 5.77. The monoisotopic (exact) mass is 441 g/mol. The molecule has 0 bridgehead atoms. The first-order valence-electron chi connectivity index (χ1n) is 10.0. The molecule has 0 saturated carbocycles. The van der Waals surface area contributed by atoms with Crippen LogP contribution in [0.4, 0.5) is 11.4 Å². The lowest BCUT2D eigenvalue weighted by Gasteiger charge is -2.10. The molecule has 0 aliphatic carbocycles. The molecule has 0 aliphatic rings. The van der Waals surface area contributed by atoms with Crippen LogP contribution in [-0.4, -0.2) is 24.6 Å². The zero-order valence-electron chi connectivity index (χ0n) is 17.1. The van der Waals surface area contributed by atoms with Gasteiger partial charge in [0, 0.05) is 30.0 Å². The van der Waals surface area contributed by atoms with Gasteiger partial charge in [-0.15, -0.1) is 10.2 Å². The highest BCUT2D eigenvalue weighted by Crippen LogP contribution is 2.30. The van der Waals surface area contributed by atoms with E-state index in [9.17, 15) is 20.2 Å². The molecule has 0 N–H and O–H groups in total. The van der Waals surface area contributed by atoms with E-state index in [1.807, 2.05) is 30.3 Å². The van der Waals surface area contributed by atoms with Crippen molar-refractivity contribution in [2.75, 3.05) is 0 Å². The van der Waals surface area contributed by atoms with Crippen LogP contribution in [0.15, 0.2) is 53.7 Å². The standard InChI is InChI=1S/C21H23N5O4S/c1-2-3-4-8-11-24-20(17-9-6-5-7-10-17)22-23-21(24)31-15-16-12-18(25(27)28)14-19(13-16)26(29)30/h5-7,9-10,12-14H,2-4,8,11,15H2,1H3. The van der Waals surface area contributed by atoms with E-state index in [4.69, 9.17) is 0 Å². The first-order valence-corrected chi connectivity index (χ1v) is 11.0. The van der Waals surface area contributed by atoms with Crippen LogP contribution in [0.3, 0.4) is 0 Å². The van der Waals surface area contributed by atoms with Crippen LogP contribution in [0.1, 0.15) is 38.2 Å². The summed E-state index contributed by atoms with van der Waals surface area (Å²) in [5.41, 5.74) is 0.864. The molecule has 0 atom stereocenters. The predicted molar refractivity (Wildman–Crippen MR) is 119 cm³/mol. The number of nitro benzene ring substituents is 2. The minimum absolute atomic E-state index is 0.296. The van der Waals surface area contributed by atoms with E-state index in [-0.39, 0.29) is 11.4 Å². The van der Waals surface area contributed by atoms with Gasteiger partial charge in [0.15, 0.2) is 11.0 Å². The zero-order valence-corrected chi connectivity index (χ0v) is 18.0. The summed E-state index contributed by atoms with van der Waals surface area (Å²) in [6.07, 6.45) is 4.38. The Morgan fingerprint density at radius 2 is 1.61 bits per heavy atom. The fraction of sp³-hybridized carbons (Fsp3) is 0.333. The third-order valence-electron chi connectivity index (χ3n) is 4.74. The Bertz CT molecular complexity index is 1020. The molecule has 1 aromatic heterocycles. The van der Waals surface area contributed by atoms with Gasteiger partial charge in [-0.3, -0.25) is 20.2 Å². The molecule has 0 unspecified atom stereocenters. The molecule has 31 heavy (non-hydrogen) atoms. The van der Waals surface area contributed by atoms with Gasteiger partial charge in [-0.25, -0.2) is 0 Å². The van der Waals surface area contributed by atoms with E-state index in [0.717, 1.165) is 49.7 Å². The van der Waals surface area contributed by atoms with Crippen molar-refractivity contribution in [1.82, 2.24) is 14.8 Å². The van der Waals surface area contributed by atoms with Crippen LogP contribution in [0.2, 0.25) is 0 Å². The summed E-state index contributed by atoms with van der Waals surface area (Å²) in [5.74, 6) is 1.08. The highest BCUT2D eigenvalue weighted by Gasteiger charge is 2.18. The van der Waals surface area contributed by atoms with Gasteiger partial charge in [0.1, 0.15) is 0 Å². The highest BCUT2D eigenvalue weighted by atomic mass is 32.2. The van der Waals surface area contributed by atoms with Crippen LogP contribution in [0, 0.1) is 20.2 Å². The van der Waals surface area contributed by atoms with Crippen LogP contribution >= 0.6 is 11.8 Å². The number of benzene rings is 2. The molecule has 3 rings (SSSR count). The molecule has 0 spiro atoms. The SMILES string of the molecule is CCCCCCn1c(SCc2cc([N+](=O)[O-])cc([N+](=O)[O-])c2)nnc1-c1ccccc1. The molecule has 0 saturated heterocycles. The van der Waals surface area contributed by atoms with Crippen LogP contribution in [0.25, 0.3) is 11.4 Å². The summed E-state index contributed by atoms with van der Waals surface area (Å²) in [6.45, 7) is 2.92. The molecular formula is C21H23N5O4S. The minimum atomic E-state index is -0.620. The quantitative estimate of drug-likeness (QED) is 0.164. The second kappa shape index (κ2) is 10.7. The Kier molecular flexibility index (Phi) is 7.71. The minimum Gasteiger partial charge on any atom is -0.302 e. The lowest BCUT2D eigenvalue weighted by atomic mass is 10.2. The van der Waals surface area contributed by atoms with Gasteiger partial charge in [0.05, 0.1) is 15.9 Å². The van der Waals surface area contributed by atoms with Gasteiger partial charge in [-0.2, -0.15) is 0 Å². The van der Waals surface area contributed by atoms with Crippen molar-refractivity contribution < 1.29 is 9.85 Å². The van der Waals surface area contributed by atoms with E-state index < -0.39 is 9.85 Å². The summed E-state index contributed by atoms with van der Waals surface area (Å²) in [5, 5.41) is 31.7. The number of hydrogen-bond donors (Lipinski definition) is 0. The number of non-ortho nitro benzene ring substituents is 2. The first-order chi connectivity index (χ1) is 15.0. The first kappa shape index (κ1) is 22.4. The van der Waals surface area contributed by atoms with Crippen molar-refractivity contribution in [3.63, 3.8) is 0 Å². The lowest BCUT2D eigenvalue weighted by molar-refractivity contribution is -0.394. The molecule has 0 radical (unpaired) electrons. The molecule has 0 amide bonds. The van der Waals surface area contributed by atoms with E-state index in [0.29, 0.717) is 16.5 Å². The molecule has 2 aromatic carbocycles. The van der Waals surface area contributed by atoms with Gasteiger partial charge < -0.3 is 4.57 Å². The number of rotatable bonds is 11. The molecule has 1 heterocycles. The largest absolute Gasteiger partial charge is 0.302 e. The average molecular weight is 442 g/mol. The number of aromatic nitrogens is 3. The molecule has 10 heteroatoms. The molecule has 9 nitrogen and oxygen atoms in total. The number of nitrogens with zero attached hydrogens (tertiary/aromatic N) is 5. The number of thioether (sulfide) groups is 1. The van der Waals surface area contributed by atoms with Gasteiger partial charge in [0.2, 0.25) is 0 Å². The summed E-state index contributed by atoms with van der Waals surface area (Å²) < 4.78 is 2.06. The predicted octanol–water partition coefficient (Wildman–Crippen LogP) is 5.63. The maximum absolute atomic E-state index is 11.1. The summed E-state index contributed by atoms with van der Waals surface area (Å²) >= 11 is 1.36. The van der Waals surface area contributed by atoms with Crippen molar-refractivity contribution in [1.29, 1.82) is 0 Å². The van der Waals surface area contributed by atoms with Crippen molar-refractivity contribution in [3.8, 4) is 11.4 Å². The Balaban J connectivity index is 1.85. The van der Waals surface area contributed by atoms with Crippen molar-refractivity contribution >= 4 is 23.1 Å². The van der Waals surface area contributed by atoms with E-state index in [2.05, 4.69) is 21.7 Å². The summed E-state index contributed by atoms with van der Waals surface area (Å²) in [6, 6.07) is 13.5. The number of unbranched alkanes of at least 4 members (excludes halogenated alkanes) is 3. The van der Waals surface area contributed by atoms with Crippen LogP contribution < -0.4 is 0 Å². The average Bonchev–Trinajstić information content (AvgIpc) is 3.18. The molecule has 162 valence electrons. The Labute approximate surface area is 183 Å². The number of hydrogen-bond acceptors (Lipinski definition) is 7. The second-order valence-electron chi connectivity index (χ2n) is 7.05.